The summed E-state index contributed by atoms with van der Waals surface area (Å²) in [5.41, 5.74) is 1.48. The molecule has 150 valence electrons. The second-order valence-corrected chi connectivity index (χ2v) is 9.42. The van der Waals surface area contributed by atoms with Crippen LogP contribution < -0.4 is 10.2 Å². The molecule has 8 heteroatoms. The van der Waals surface area contributed by atoms with Crippen LogP contribution in [0.25, 0.3) is 0 Å². The predicted octanol–water partition coefficient (Wildman–Crippen LogP) is 1.40. The molecule has 1 fully saturated rings. The van der Waals surface area contributed by atoms with Crippen LogP contribution in [0.4, 0.5) is 5.69 Å². The lowest BCUT2D eigenvalue weighted by molar-refractivity contribution is -0.917. The van der Waals surface area contributed by atoms with Gasteiger partial charge in [0.05, 0.1) is 31.9 Å². The Labute approximate surface area is 171 Å². The minimum Gasteiger partial charge on any atom is -0.323 e. The van der Waals surface area contributed by atoms with Crippen molar-refractivity contribution >= 4 is 33.2 Å². The zero-order valence-corrected chi connectivity index (χ0v) is 17.3. The summed E-state index contributed by atoms with van der Waals surface area (Å²) in [4.78, 5) is 13.6. The van der Waals surface area contributed by atoms with E-state index in [0.717, 1.165) is 10.5 Å². The van der Waals surface area contributed by atoms with E-state index in [0.29, 0.717) is 36.9 Å². The first-order valence-electron chi connectivity index (χ1n) is 9.28. The molecule has 1 aliphatic rings. The maximum atomic E-state index is 12.7. The molecule has 1 heterocycles. The monoisotopic (exact) mass is 422 g/mol. The molecule has 0 bridgehead atoms. The van der Waals surface area contributed by atoms with E-state index in [1.165, 1.54) is 4.31 Å². The zero-order chi connectivity index (χ0) is 20.1. The number of rotatable bonds is 6. The van der Waals surface area contributed by atoms with Crippen molar-refractivity contribution in [3.05, 3.63) is 65.2 Å². The van der Waals surface area contributed by atoms with Crippen LogP contribution in [0, 0.1) is 0 Å². The summed E-state index contributed by atoms with van der Waals surface area (Å²) in [5, 5.41) is 3.51. The van der Waals surface area contributed by atoms with Gasteiger partial charge in [-0.25, -0.2) is 8.42 Å². The molecule has 6 nitrogen and oxygen atoms in total. The summed E-state index contributed by atoms with van der Waals surface area (Å²) >= 11 is 5.86. The van der Waals surface area contributed by atoms with Crippen molar-refractivity contribution < 1.29 is 18.1 Å². The summed E-state index contributed by atoms with van der Waals surface area (Å²) in [5.74, 6) is -0.0756. The Bertz CT molecular complexity index is 896. The molecule has 0 saturated carbocycles. The van der Waals surface area contributed by atoms with Crippen LogP contribution in [0.2, 0.25) is 5.02 Å². The quantitative estimate of drug-likeness (QED) is 0.739. The molecular formula is C20H25ClN3O3S+. The smallest absolute Gasteiger partial charge is 0.282 e. The van der Waals surface area contributed by atoms with Gasteiger partial charge in [0.25, 0.3) is 5.91 Å². The van der Waals surface area contributed by atoms with Gasteiger partial charge in [-0.1, -0.05) is 41.9 Å². The third kappa shape index (κ3) is 5.32. The third-order valence-electron chi connectivity index (χ3n) is 5.07. The Hall–Kier alpha value is -1.93. The molecule has 0 unspecified atom stereocenters. The van der Waals surface area contributed by atoms with Crippen LogP contribution in [0.15, 0.2) is 54.6 Å². The lowest BCUT2D eigenvalue weighted by Gasteiger charge is -2.34. The first-order chi connectivity index (χ1) is 13.3. The van der Waals surface area contributed by atoms with Crippen molar-refractivity contribution in [1.29, 1.82) is 0 Å². The molecule has 28 heavy (non-hydrogen) atoms. The molecule has 2 aromatic carbocycles. The maximum absolute atomic E-state index is 12.7. The first kappa shape index (κ1) is 20.8. The molecule has 2 aromatic rings. The van der Waals surface area contributed by atoms with E-state index >= 15 is 0 Å². The fraction of sp³-hybridized carbons (Fsp3) is 0.350. The number of halogens is 1. The van der Waals surface area contributed by atoms with Gasteiger partial charge in [0.15, 0.2) is 6.04 Å². The highest BCUT2D eigenvalue weighted by atomic mass is 35.5. The number of nitrogens with zero attached hydrogens (tertiary/aromatic N) is 1. The van der Waals surface area contributed by atoms with Crippen molar-refractivity contribution in [3.63, 3.8) is 0 Å². The second-order valence-electron chi connectivity index (χ2n) is 7.02. The van der Waals surface area contributed by atoms with E-state index in [1.54, 1.807) is 24.3 Å². The number of hydrogen-bond donors (Lipinski definition) is 2. The number of hydrogen-bond acceptors (Lipinski definition) is 3. The Kier molecular flexibility index (Phi) is 6.72. The highest BCUT2D eigenvalue weighted by Gasteiger charge is 2.33. The topological polar surface area (TPSA) is 70.9 Å². The van der Waals surface area contributed by atoms with E-state index in [1.807, 2.05) is 37.3 Å². The number of nitrogens with one attached hydrogen (secondary N) is 2. The lowest BCUT2D eigenvalue weighted by Crippen LogP contribution is -3.19. The summed E-state index contributed by atoms with van der Waals surface area (Å²) in [6, 6.07) is 15.9. The largest absolute Gasteiger partial charge is 0.323 e. The molecule has 3 rings (SSSR count). The number of benzene rings is 2. The van der Waals surface area contributed by atoms with Crippen molar-refractivity contribution in [1.82, 2.24) is 4.31 Å². The molecule has 2 N–H and O–H groups in total. The Morgan fingerprint density at radius 1 is 1.11 bits per heavy atom. The average molecular weight is 423 g/mol. The van der Waals surface area contributed by atoms with Crippen LogP contribution in [-0.4, -0.2) is 50.9 Å². The van der Waals surface area contributed by atoms with Gasteiger partial charge in [0.1, 0.15) is 0 Å². The fourth-order valence-corrected chi connectivity index (χ4v) is 4.99. The van der Waals surface area contributed by atoms with Gasteiger partial charge < -0.3 is 10.2 Å². The molecule has 1 aliphatic heterocycles. The molecule has 1 atom stereocenters. The number of carbonyl (C=O) groups excluding carboxylic acids is 1. The number of amides is 1. The zero-order valence-electron chi connectivity index (χ0n) is 15.8. The first-order valence-corrected chi connectivity index (χ1v) is 11.3. The molecule has 0 aromatic heterocycles. The van der Waals surface area contributed by atoms with Gasteiger partial charge in [-0.05, 0) is 36.8 Å². The van der Waals surface area contributed by atoms with Crippen molar-refractivity contribution in [2.45, 2.75) is 18.7 Å². The summed E-state index contributed by atoms with van der Waals surface area (Å²) in [6.07, 6.45) is 0. The van der Waals surface area contributed by atoms with Crippen LogP contribution >= 0.6 is 11.6 Å². The summed E-state index contributed by atoms with van der Waals surface area (Å²) < 4.78 is 26.9. The number of anilines is 1. The molecule has 0 spiro atoms. The second kappa shape index (κ2) is 9.05. The Morgan fingerprint density at radius 3 is 2.32 bits per heavy atom. The molecule has 1 saturated heterocycles. The Balaban J connectivity index is 1.53. The van der Waals surface area contributed by atoms with E-state index in [4.69, 9.17) is 11.6 Å². The summed E-state index contributed by atoms with van der Waals surface area (Å²) in [7, 11) is -3.35. The SMILES string of the molecule is C[C@H](C(=O)Nc1ccc(Cl)cc1)[NH+]1CCN(S(=O)(=O)Cc2ccccc2)CC1. The highest BCUT2D eigenvalue weighted by molar-refractivity contribution is 7.88. The third-order valence-corrected chi connectivity index (χ3v) is 7.17. The van der Waals surface area contributed by atoms with E-state index in [2.05, 4.69) is 5.32 Å². The number of piperazine rings is 1. The van der Waals surface area contributed by atoms with Crippen LogP contribution in [0.3, 0.4) is 0 Å². The van der Waals surface area contributed by atoms with Gasteiger partial charge in [-0.15, -0.1) is 0 Å². The normalized spacial score (nSPS) is 17.2. The molecule has 0 radical (unpaired) electrons. The van der Waals surface area contributed by atoms with Gasteiger partial charge in [0.2, 0.25) is 10.0 Å². The fourth-order valence-electron chi connectivity index (χ4n) is 3.33. The minimum atomic E-state index is -3.35. The van der Waals surface area contributed by atoms with Crippen molar-refractivity contribution in [2.75, 3.05) is 31.5 Å². The minimum absolute atomic E-state index is 0.00970. The summed E-state index contributed by atoms with van der Waals surface area (Å²) in [6.45, 7) is 3.91. The van der Waals surface area contributed by atoms with Crippen molar-refractivity contribution in [2.24, 2.45) is 0 Å². The van der Waals surface area contributed by atoms with Gasteiger partial charge in [0, 0.05) is 10.7 Å². The van der Waals surface area contributed by atoms with Crippen LogP contribution in [0.1, 0.15) is 12.5 Å². The van der Waals surface area contributed by atoms with Crippen LogP contribution in [0.5, 0.6) is 0 Å². The van der Waals surface area contributed by atoms with Gasteiger partial charge in [-0.3, -0.25) is 4.79 Å². The number of sulfonamides is 1. The maximum Gasteiger partial charge on any atom is 0.282 e. The van der Waals surface area contributed by atoms with E-state index < -0.39 is 10.0 Å². The molecular weight excluding hydrogens is 398 g/mol. The van der Waals surface area contributed by atoms with Gasteiger partial charge >= 0.3 is 0 Å². The number of quaternary nitrogens is 1. The van der Waals surface area contributed by atoms with Crippen molar-refractivity contribution in [3.8, 4) is 0 Å². The molecule has 0 aliphatic carbocycles. The molecule has 1 amide bonds. The average Bonchev–Trinajstić information content (AvgIpc) is 2.69. The van der Waals surface area contributed by atoms with Gasteiger partial charge in [-0.2, -0.15) is 4.31 Å². The standard InChI is InChI=1S/C20H24ClN3O3S/c1-16(20(25)22-19-9-7-18(21)8-10-19)23-11-13-24(14-12-23)28(26,27)15-17-5-3-2-4-6-17/h2-10,16H,11-15H2,1H3,(H,22,25)/p+1/t16-/m1/s1. The highest BCUT2D eigenvalue weighted by Crippen LogP contribution is 2.14. The predicted molar refractivity (Wildman–Crippen MR) is 111 cm³/mol. The number of carbonyl (C=O) groups is 1. The Morgan fingerprint density at radius 2 is 1.71 bits per heavy atom. The lowest BCUT2D eigenvalue weighted by atomic mass is 10.2. The van der Waals surface area contributed by atoms with Crippen LogP contribution in [-0.2, 0) is 20.6 Å². The van der Waals surface area contributed by atoms with E-state index in [9.17, 15) is 13.2 Å². The van der Waals surface area contributed by atoms with E-state index in [-0.39, 0.29) is 17.7 Å².